The molecule has 0 aliphatic carbocycles. The number of aliphatic carboxylic acids is 1. The summed E-state index contributed by atoms with van der Waals surface area (Å²) >= 11 is 0. The first-order chi connectivity index (χ1) is 11.3. The van der Waals surface area contributed by atoms with E-state index in [2.05, 4.69) is 5.32 Å². The van der Waals surface area contributed by atoms with E-state index in [9.17, 15) is 18.0 Å². The zero-order chi connectivity index (χ0) is 17.7. The first kappa shape index (κ1) is 18.4. The van der Waals surface area contributed by atoms with Crippen molar-refractivity contribution < 1.29 is 23.1 Å². The van der Waals surface area contributed by atoms with Crippen LogP contribution >= 0.6 is 0 Å². The molecule has 1 amide bonds. The van der Waals surface area contributed by atoms with E-state index in [1.165, 1.54) is 16.4 Å². The van der Waals surface area contributed by atoms with Gasteiger partial charge in [-0.25, -0.2) is 8.42 Å². The van der Waals surface area contributed by atoms with Crippen molar-refractivity contribution >= 4 is 21.9 Å². The van der Waals surface area contributed by atoms with Crippen molar-refractivity contribution in [3.05, 3.63) is 30.3 Å². The fourth-order valence-corrected chi connectivity index (χ4v) is 4.46. The van der Waals surface area contributed by atoms with Gasteiger partial charge >= 0.3 is 5.97 Å². The highest BCUT2D eigenvalue weighted by molar-refractivity contribution is 7.89. The molecule has 0 bridgehead atoms. The summed E-state index contributed by atoms with van der Waals surface area (Å²) in [5, 5.41) is 11.4. The molecule has 1 heterocycles. The van der Waals surface area contributed by atoms with Crippen LogP contribution in [0.2, 0.25) is 0 Å². The SMILES string of the molecule is CC(CNC(=O)C1CCCN1S(=O)(=O)c1ccccc1)CC(=O)O. The van der Waals surface area contributed by atoms with Gasteiger partial charge in [0.15, 0.2) is 0 Å². The van der Waals surface area contributed by atoms with Crippen LogP contribution in [0.1, 0.15) is 26.2 Å². The Kier molecular flexibility index (Phi) is 5.95. The van der Waals surface area contributed by atoms with Crippen molar-refractivity contribution in [3.63, 3.8) is 0 Å². The van der Waals surface area contributed by atoms with Crippen LogP contribution in [0, 0.1) is 5.92 Å². The van der Waals surface area contributed by atoms with E-state index >= 15 is 0 Å². The Labute approximate surface area is 141 Å². The normalized spacial score (nSPS) is 19.8. The van der Waals surface area contributed by atoms with Gasteiger partial charge in [0.05, 0.1) is 4.90 Å². The number of carboxylic acid groups (broad SMARTS) is 1. The summed E-state index contributed by atoms with van der Waals surface area (Å²) in [7, 11) is -3.71. The average molecular weight is 354 g/mol. The highest BCUT2D eigenvalue weighted by atomic mass is 32.2. The number of hydrogen-bond donors (Lipinski definition) is 2. The van der Waals surface area contributed by atoms with Gasteiger partial charge in [-0.1, -0.05) is 25.1 Å². The largest absolute Gasteiger partial charge is 0.481 e. The van der Waals surface area contributed by atoms with Gasteiger partial charge in [-0.05, 0) is 30.9 Å². The number of carbonyl (C=O) groups excluding carboxylic acids is 1. The maximum Gasteiger partial charge on any atom is 0.303 e. The lowest BCUT2D eigenvalue weighted by Gasteiger charge is -2.24. The number of hydrogen-bond acceptors (Lipinski definition) is 4. The highest BCUT2D eigenvalue weighted by Crippen LogP contribution is 2.26. The summed E-state index contributed by atoms with van der Waals surface area (Å²) in [4.78, 5) is 23.2. The van der Waals surface area contributed by atoms with Crippen molar-refractivity contribution in [3.8, 4) is 0 Å². The van der Waals surface area contributed by atoms with Gasteiger partial charge in [0.25, 0.3) is 0 Å². The Morgan fingerprint density at radius 1 is 1.33 bits per heavy atom. The molecular weight excluding hydrogens is 332 g/mol. The van der Waals surface area contributed by atoms with Gasteiger partial charge < -0.3 is 10.4 Å². The standard InChI is InChI=1S/C16H22N2O5S/c1-12(10-15(19)20)11-17-16(21)14-8-5-9-18(14)24(22,23)13-6-3-2-4-7-13/h2-4,6-7,12,14H,5,8-11H2,1H3,(H,17,21)(H,19,20). The molecule has 1 fully saturated rings. The Balaban J connectivity index is 2.05. The van der Waals surface area contributed by atoms with Gasteiger partial charge in [-0.15, -0.1) is 0 Å². The molecule has 2 N–H and O–H groups in total. The van der Waals surface area contributed by atoms with E-state index in [1.807, 2.05) is 0 Å². The zero-order valence-electron chi connectivity index (χ0n) is 13.5. The maximum absolute atomic E-state index is 12.7. The van der Waals surface area contributed by atoms with E-state index in [1.54, 1.807) is 25.1 Å². The highest BCUT2D eigenvalue weighted by Gasteiger charge is 2.39. The summed E-state index contributed by atoms with van der Waals surface area (Å²) < 4.78 is 26.6. The van der Waals surface area contributed by atoms with Crippen LogP contribution in [0.3, 0.4) is 0 Å². The molecule has 2 rings (SSSR count). The van der Waals surface area contributed by atoms with E-state index < -0.39 is 22.0 Å². The minimum atomic E-state index is -3.71. The molecule has 2 atom stereocenters. The molecular formula is C16H22N2O5S. The van der Waals surface area contributed by atoms with Crippen molar-refractivity contribution in [1.82, 2.24) is 9.62 Å². The molecule has 132 valence electrons. The third kappa shape index (κ3) is 4.33. The number of sulfonamides is 1. The maximum atomic E-state index is 12.7. The number of benzene rings is 1. The Morgan fingerprint density at radius 2 is 2.00 bits per heavy atom. The minimum absolute atomic E-state index is 0.0447. The summed E-state index contributed by atoms with van der Waals surface area (Å²) in [5.74, 6) is -1.51. The quantitative estimate of drug-likeness (QED) is 0.762. The first-order valence-corrected chi connectivity index (χ1v) is 9.32. The summed E-state index contributed by atoms with van der Waals surface area (Å²) in [6, 6.07) is 7.30. The smallest absolute Gasteiger partial charge is 0.303 e. The molecule has 7 nitrogen and oxygen atoms in total. The number of nitrogens with one attached hydrogen (secondary N) is 1. The summed E-state index contributed by atoms with van der Waals surface area (Å²) in [5.41, 5.74) is 0. The van der Waals surface area contributed by atoms with Gasteiger partial charge in [0, 0.05) is 19.5 Å². The molecule has 0 radical (unpaired) electrons. The van der Waals surface area contributed by atoms with Crippen molar-refractivity contribution in [2.45, 2.75) is 37.1 Å². The van der Waals surface area contributed by atoms with Crippen LogP contribution < -0.4 is 5.32 Å². The predicted molar refractivity (Wildman–Crippen MR) is 87.8 cm³/mol. The van der Waals surface area contributed by atoms with Crippen molar-refractivity contribution in [1.29, 1.82) is 0 Å². The van der Waals surface area contributed by atoms with E-state index in [0.717, 1.165) is 0 Å². The molecule has 1 aliphatic heterocycles. The Morgan fingerprint density at radius 3 is 2.62 bits per heavy atom. The minimum Gasteiger partial charge on any atom is -0.481 e. The molecule has 1 aromatic carbocycles. The fourth-order valence-electron chi connectivity index (χ4n) is 2.78. The van der Waals surface area contributed by atoms with Crippen molar-refractivity contribution in [2.75, 3.05) is 13.1 Å². The first-order valence-electron chi connectivity index (χ1n) is 7.88. The molecule has 24 heavy (non-hydrogen) atoms. The van der Waals surface area contributed by atoms with Crippen LogP contribution in [0.25, 0.3) is 0 Å². The third-order valence-electron chi connectivity index (χ3n) is 4.00. The number of amides is 1. The Bertz CT molecular complexity index is 690. The zero-order valence-corrected chi connectivity index (χ0v) is 14.3. The molecule has 0 spiro atoms. The number of nitrogens with zero attached hydrogens (tertiary/aromatic N) is 1. The van der Waals surface area contributed by atoms with Crippen molar-refractivity contribution in [2.24, 2.45) is 5.92 Å². The van der Waals surface area contributed by atoms with Crippen LogP contribution in [-0.4, -0.2) is 48.8 Å². The number of carboxylic acids is 1. The summed E-state index contributed by atoms with van der Waals surface area (Å²) in [6.07, 6.45) is 1.04. The predicted octanol–water partition coefficient (Wildman–Crippen LogP) is 1.07. The molecule has 0 aromatic heterocycles. The molecule has 1 aliphatic rings. The third-order valence-corrected chi connectivity index (χ3v) is 5.93. The number of carbonyl (C=O) groups is 2. The lowest BCUT2D eigenvalue weighted by atomic mass is 10.1. The second-order valence-electron chi connectivity index (χ2n) is 6.04. The number of rotatable bonds is 7. The van der Waals surface area contributed by atoms with Crippen LogP contribution in [0.15, 0.2) is 35.2 Å². The monoisotopic (exact) mass is 354 g/mol. The van der Waals surface area contributed by atoms with E-state index in [4.69, 9.17) is 5.11 Å². The van der Waals surface area contributed by atoms with Gasteiger partial charge in [-0.3, -0.25) is 9.59 Å². The molecule has 1 saturated heterocycles. The van der Waals surface area contributed by atoms with E-state index in [0.29, 0.717) is 19.4 Å². The second-order valence-corrected chi connectivity index (χ2v) is 7.93. The topological polar surface area (TPSA) is 104 Å². The molecule has 2 unspecified atom stereocenters. The lowest BCUT2D eigenvalue weighted by molar-refractivity contribution is -0.138. The van der Waals surface area contributed by atoms with Gasteiger partial charge in [0.1, 0.15) is 6.04 Å². The lowest BCUT2D eigenvalue weighted by Crippen LogP contribution is -2.46. The Hall–Kier alpha value is -1.93. The summed E-state index contributed by atoms with van der Waals surface area (Å²) in [6.45, 7) is 2.24. The van der Waals surface area contributed by atoms with E-state index in [-0.39, 0.29) is 29.7 Å². The average Bonchev–Trinajstić information content (AvgIpc) is 3.03. The van der Waals surface area contributed by atoms with Crippen LogP contribution in [-0.2, 0) is 19.6 Å². The second kappa shape index (κ2) is 7.76. The molecule has 8 heteroatoms. The molecule has 0 saturated carbocycles. The van der Waals surface area contributed by atoms with Gasteiger partial charge in [-0.2, -0.15) is 4.31 Å². The van der Waals surface area contributed by atoms with Crippen LogP contribution in [0.5, 0.6) is 0 Å². The molecule has 1 aromatic rings. The fraction of sp³-hybridized carbons (Fsp3) is 0.500. The van der Waals surface area contributed by atoms with Crippen LogP contribution in [0.4, 0.5) is 0 Å². The van der Waals surface area contributed by atoms with Gasteiger partial charge in [0.2, 0.25) is 15.9 Å².